The third kappa shape index (κ3) is 11.8. The minimum Gasteiger partial charge on any atom is -0.305 e. The van der Waals surface area contributed by atoms with Crippen LogP contribution in [0.15, 0.2) is 0 Å². The van der Waals surface area contributed by atoms with Gasteiger partial charge in [-0.2, -0.15) is 0 Å². The molecule has 0 aliphatic rings. The summed E-state index contributed by atoms with van der Waals surface area (Å²) < 4.78 is 47.3. The fourth-order valence-electron chi connectivity index (χ4n) is 1.68. The first kappa shape index (κ1) is 25.5. The van der Waals surface area contributed by atoms with Gasteiger partial charge in [-0.15, -0.1) is 0 Å². The summed E-state index contributed by atoms with van der Waals surface area (Å²) >= 11 is 0. The molecule has 0 saturated heterocycles. The summed E-state index contributed by atoms with van der Waals surface area (Å²) in [5, 5.41) is 0. The quantitative estimate of drug-likeness (QED) is 0.413. The van der Waals surface area contributed by atoms with Crippen LogP contribution in [0.5, 0.6) is 0 Å². The predicted octanol–water partition coefficient (Wildman–Crippen LogP) is 4.65. The summed E-state index contributed by atoms with van der Waals surface area (Å²) in [5.74, 6) is -0.382. The smallest absolute Gasteiger partial charge is 0.305 e. The summed E-state index contributed by atoms with van der Waals surface area (Å²) in [4.78, 5) is 0. The van der Waals surface area contributed by atoms with Gasteiger partial charge in [-0.3, -0.25) is 9.13 Å². The van der Waals surface area contributed by atoms with E-state index >= 15 is 0 Å². The number of rotatable bonds is 10. The molecule has 0 aromatic rings. The number of hydrogen-bond donors (Lipinski definition) is 0. The van der Waals surface area contributed by atoms with E-state index in [9.17, 15) is 9.13 Å². The molecule has 0 spiro atoms. The van der Waals surface area contributed by atoms with Gasteiger partial charge in [0.2, 0.25) is 0 Å². The van der Waals surface area contributed by atoms with Crippen molar-refractivity contribution in [2.24, 2.45) is 0 Å². The molecule has 0 unspecified atom stereocenters. The van der Waals surface area contributed by atoms with Gasteiger partial charge >= 0.3 is 15.2 Å². The van der Waals surface area contributed by atoms with E-state index in [1.807, 2.05) is 0 Å². The molecule has 0 bridgehead atoms. The SMILES string of the molecule is CC(C)OP(=O)(CP(=O)(OC(C)C)OC(C)C)OC(C)C.[Na]. The molecule has 0 N–H and O–H groups in total. The minimum absolute atomic E-state index is 0. The van der Waals surface area contributed by atoms with Crippen LogP contribution in [0.1, 0.15) is 55.4 Å². The molecule has 0 aromatic heterocycles. The average molecular weight is 367 g/mol. The molecule has 0 amide bonds. The molecular formula is C13H30NaO6P2. The van der Waals surface area contributed by atoms with Gasteiger partial charge in [0, 0.05) is 29.6 Å². The van der Waals surface area contributed by atoms with Gasteiger partial charge in [-0.25, -0.2) is 0 Å². The largest absolute Gasteiger partial charge is 0.343 e. The topological polar surface area (TPSA) is 71.1 Å². The van der Waals surface area contributed by atoms with Gasteiger partial charge in [0.1, 0.15) is 0 Å². The molecule has 9 heteroatoms. The Balaban J connectivity index is 0. The van der Waals surface area contributed by atoms with Gasteiger partial charge in [-0.05, 0) is 55.4 Å². The Morgan fingerprint density at radius 1 is 0.591 bits per heavy atom. The van der Waals surface area contributed by atoms with Crippen LogP contribution in [0.25, 0.3) is 0 Å². The fourth-order valence-corrected chi connectivity index (χ4v) is 7.11. The first-order valence-corrected chi connectivity index (χ1v) is 10.7. The normalized spacial score (nSPS) is 13.3. The average Bonchev–Trinajstić information content (AvgIpc) is 2.07. The molecule has 0 aromatic carbocycles. The maximum atomic E-state index is 12.8. The van der Waals surface area contributed by atoms with Crippen LogP contribution in [-0.4, -0.2) is 59.9 Å². The van der Waals surface area contributed by atoms with Gasteiger partial charge in [0.15, 0.2) is 5.90 Å². The summed E-state index contributed by atoms with van der Waals surface area (Å²) in [6.07, 6.45) is -1.27. The van der Waals surface area contributed by atoms with Crippen LogP contribution in [0.4, 0.5) is 0 Å². The van der Waals surface area contributed by atoms with E-state index in [0.29, 0.717) is 0 Å². The fraction of sp³-hybridized carbons (Fsp3) is 1.00. The predicted molar refractivity (Wildman–Crippen MR) is 90.7 cm³/mol. The van der Waals surface area contributed by atoms with Crippen LogP contribution >= 0.6 is 15.2 Å². The Morgan fingerprint density at radius 3 is 0.909 bits per heavy atom. The van der Waals surface area contributed by atoms with Crippen molar-refractivity contribution in [1.29, 1.82) is 0 Å². The Kier molecular flexibility index (Phi) is 12.8. The second kappa shape index (κ2) is 11.0. The van der Waals surface area contributed by atoms with Crippen LogP contribution in [0.2, 0.25) is 0 Å². The third-order valence-electron chi connectivity index (χ3n) is 1.83. The second-order valence-corrected chi connectivity index (χ2v) is 10.4. The standard InChI is InChI=1S/C13H30O6P2.Na/c1-10(2)16-20(14,17-11(3)4)9-21(15,18-12(5)6)19-13(7)8;/h10-13H,9H2,1-8H3;. The Bertz CT molecular complexity index is 334. The molecule has 0 aliphatic carbocycles. The summed E-state index contributed by atoms with van der Waals surface area (Å²) in [7, 11) is -7.16. The minimum atomic E-state index is -3.58. The Hall–Kier alpha value is 1.30. The first-order valence-electron chi connectivity index (χ1n) is 7.29. The molecule has 0 rings (SSSR count). The molecule has 0 heterocycles. The van der Waals surface area contributed by atoms with Crippen molar-refractivity contribution in [2.45, 2.75) is 79.8 Å². The van der Waals surface area contributed by atoms with Crippen molar-refractivity contribution >= 4 is 44.7 Å². The van der Waals surface area contributed by atoms with E-state index in [4.69, 9.17) is 18.1 Å². The van der Waals surface area contributed by atoms with Crippen LogP contribution in [0, 0.1) is 0 Å². The van der Waals surface area contributed by atoms with E-state index in [1.54, 1.807) is 55.4 Å². The molecule has 0 saturated carbocycles. The van der Waals surface area contributed by atoms with E-state index in [1.165, 1.54) is 0 Å². The number of hydrogen-bond acceptors (Lipinski definition) is 6. The zero-order valence-electron chi connectivity index (χ0n) is 15.4. The molecule has 6 nitrogen and oxygen atoms in total. The molecule has 0 atom stereocenters. The molecule has 129 valence electrons. The van der Waals surface area contributed by atoms with Crippen LogP contribution < -0.4 is 0 Å². The van der Waals surface area contributed by atoms with Crippen molar-refractivity contribution in [3.63, 3.8) is 0 Å². The summed E-state index contributed by atoms with van der Waals surface area (Å²) in [6, 6.07) is 0. The Labute approximate surface area is 157 Å². The van der Waals surface area contributed by atoms with E-state index in [-0.39, 0.29) is 59.9 Å². The molecule has 22 heavy (non-hydrogen) atoms. The van der Waals surface area contributed by atoms with E-state index in [2.05, 4.69) is 0 Å². The van der Waals surface area contributed by atoms with Crippen molar-refractivity contribution in [2.75, 3.05) is 5.90 Å². The van der Waals surface area contributed by atoms with E-state index in [0.717, 1.165) is 0 Å². The molecule has 0 aliphatic heterocycles. The van der Waals surface area contributed by atoms with Gasteiger partial charge in [-0.1, -0.05) is 0 Å². The maximum absolute atomic E-state index is 12.8. The molecule has 0 fully saturated rings. The monoisotopic (exact) mass is 367 g/mol. The van der Waals surface area contributed by atoms with Gasteiger partial charge < -0.3 is 18.1 Å². The van der Waals surface area contributed by atoms with Crippen LogP contribution in [0.3, 0.4) is 0 Å². The maximum Gasteiger partial charge on any atom is 0.343 e. The Morgan fingerprint density at radius 2 is 0.773 bits per heavy atom. The van der Waals surface area contributed by atoms with E-state index < -0.39 is 15.2 Å². The van der Waals surface area contributed by atoms with Crippen LogP contribution in [-0.2, 0) is 27.2 Å². The summed E-state index contributed by atoms with van der Waals surface area (Å²) in [5.41, 5.74) is 0. The van der Waals surface area contributed by atoms with Gasteiger partial charge in [0.25, 0.3) is 0 Å². The molecule has 1 radical (unpaired) electrons. The van der Waals surface area contributed by atoms with Crippen molar-refractivity contribution in [3.8, 4) is 0 Å². The molecular weight excluding hydrogens is 337 g/mol. The van der Waals surface area contributed by atoms with Crippen molar-refractivity contribution in [1.82, 2.24) is 0 Å². The van der Waals surface area contributed by atoms with Crippen molar-refractivity contribution < 1.29 is 27.2 Å². The van der Waals surface area contributed by atoms with Gasteiger partial charge in [0.05, 0.1) is 24.4 Å². The zero-order chi connectivity index (χ0) is 16.8. The first-order chi connectivity index (χ1) is 9.37. The zero-order valence-corrected chi connectivity index (χ0v) is 19.1. The summed E-state index contributed by atoms with van der Waals surface area (Å²) in [6.45, 7) is 14.0. The van der Waals surface area contributed by atoms with Crippen molar-refractivity contribution in [3.05, 3.63) is 0 Å². The third-order valence-corrected chi connectivity index (χ3v) is 7.57. The second-order valence-electron chi connectivity index (χ2n) is 5.98.